The fourth-order valence-electron chi connectivity index (χ4n) is 2.10. The van der Waals surface area contributed by atoms with Crippen molar-refractivity contribution >= 4 is 15.9 Å². The van der Waals surface area contributed by atoms with Crippen molar-refractivity contribution in [2.45, 2.75) is 25.7 Å². The van der Waals surface area contributed by atoms with Gasteiger partial charge in [0, 0.05) is 6.42 Å². The number of aromatic hydroxyl groups is 1. The Morgan fingerprint density at radius 3 is 3.00 bits per heavy atom. The highest BCUT2D eigenvalue weighted by Gasteiger charge is 2.19. The number of fused-ring (bicyclic) bond motifs is 1. The van der Waals surface area contributed by atoms with Crippen molar-refractivity contribution in [3.63, 3.8) is 0 Å². The monoisotopic (exact) mass is 271 g/mol. The molecule has 0 atom stereocenters. The van der Waals surface area contributed by atoms with Gasteiger partial charge in [-0.15, -0.1) is 0 Å². The maximum atomic E-state index is 9.95. The van der Waals surface area contributed by atoms with Crippen LogP contribution in [0.1, 0.15) is 23.1 Å². The number of phenolic OH excluding ortho intramolecular Hbond substituents is 1. The molecule has 3 nitrogen and oxygen atoms in total. The van der Waals surface area contributed by atoms with Crippen LogP contribution in [0.15, 0.2) is 10.5 Å². The average Bonchev–Trinajstić information content (AvgIpc) is 2.69. The largest absolute Gasteiger partial charge is 0.506 e. The van der Waals surface area contributed by atoms with Crippen LogP contribution in [-0.4, -0.2) is 11.7 Å². The zero-order chi connectivity index (χ0) is 10.8. The van der Waals surface area contributed by atoms with Gasteiger partial charge in [0.25, 0.3) is 0 Å². The first-order valence-corrected chi connectivity index (χ1v) is 5.87. The van der Waals surface area contributed by atoms with Gasteiger partial charge in [-0.1, -0.05) is 6.07 Å². The van der Waals surface area contributed by atoms with E-state index in [1.165, 1.54) is 17.5 Å². The molecule has 0 fully saturated rings. The van der Waals surface area contributed by atoms with E-state index in [0.717, 1.165) is 22.9 Å². The van der Waals surface area contributed by atoms with E-state index in [9.17, 15) is 5.11 Å². The van der Waals surface area contributed by atoms with Crippen molar-refractivity contribution in [2.24, 2.45) is 5.90 Å². The molecule has 0 saturated carbocycles. The maximum Gasteiger partial charge on any atom is 0.133 e. The van der Waals surface area contributed by atoms with E-state index in [2.05, 4.69) is 26.8 Å². The first-order chi connectivity index (χ1) is 7.24. The molecule has 1 aliphatic carbocycles. The molecule has 0 bridgehead atoms. The third kappa shape index (κ3) is 2.02. The molecule has 0 spiro atoms. The SMILES string of the molecule is NOCCc1cc2c(c(Br)c1O)CCC2. The molecular weight excluding hydrogens is 258 g/mol. The Labute approximate surface area is 97.3 Å². The summed E-state index contributed by atoms with van der Waals surface area (Å²) in [6.45, 7) is 0.429. The van der Waals surface area contributed by atoms with E-state index >= 15 is 0 Å². The average molecular weight is 272 g/mol. The number of benzene rings is 1. The lowest BCUT2D eigenvalue weighted by atomic mass is 10.0. The van der Waals surface area contributed by atoms with Gasteiger partial charge in [-0.2, -0.15) is 0 Å². The van der Waals surface area contributed by atoms with Crippen molar-refractivity contribution in [3.8, 4) is 5.75 Å². The van der Waals surface area contributed by atoms with Crippen molar-refractivity contribution in [2.75, 3.05) is 6.61 Å². The van der Waals surface area contributed by atoms with Crippen LogP contribution in [0.3, 0.4) is 0 Å². The number of rotatable bonds is 3. The van der Waals surface area contributed by atoms with Gasteiger partial charge in [-0.25, -0.2) is 5.90 Å². The summed E-state index contributed by atoms with van der Waals surface area (Å²) in [6.07, 6.45) is 3.97. The molecule has 3 N–H and O–H groups in total. The summed E-state index contributed by atoms with van der Waals surface area (Å²) in [5.74, 6) is 5.32. The van der Waals surface area contributed by atoms with Gasteiger partial charge in [0.2, 0.25) is 0 Å². The maximum absolute atomic E-state index is 9.95. The number of nitrogens with two attached hydrogens (primary N) is 1. The van der Waals surface area contributed by atoms with Gasteiger partial charge in [0.05, 0.1) is 11.1 Å². The third-order valence-corrected chi connectivity index (χ3v) is 3.73. The highest BCUT2D eigenvalue weighted by Crippen LogP contribution is 2.38. The molecule has 0 aliphatic heterocycles. The molecule has 2 rings (SSSR count). The fraction of sp³-hybridized carbons (Fsp3) is 0.455. The number of phenols is 1. The minimum absolute atomic E-state index is 0.340. The molecule has 0 radical (unpaired) electrons. The predicted molar refractivity (Wildman–Crippen MR) is 61.7 cm³/mol. The van der Waals surface area contributed by atoms with Crippen molar-refractivity contribution < 1.29 is 9.94 Å². The molecule has 0 saturated heterocycles. The van der Waals surface area contributed by atoms with Crippen LogP contribution in [0.4, 0.5) is 0 Å². The lowest BCUT2D eigenvalue weighted by Gasteiger charge is -2.10. The molecule has 0 unspecified atom stereocenters. The molecule has 0 heterocycles. The van der Waals surface area contributed by atoms with E-state index in [4.69, 9.17) is 5.90 Å². The van der Waals surface area contributed by atoms with Crippen LogP contribution in [0.25, 0.3) is 0 Å². The van der Waals surface area contributed by atoms with Crippen LogP contribution in [0.5, 0.6) is 5.75 Å². The van der Waals surface area contributed by atoms with Crippen LogP contribution in [0.2, 0.25) is 0 Å². The third-order valence-electron chi connectivity index (χ3n) is 2.88. The second kappa shape index (κ2) is 4.51. The first kappa shape index (κ1) is 10.9. The quantitative estimate of drug-likeness (QED) is 0.828. The molecule has 15 heavy (non-hydrogen) atoms. The molecule has 0 aromatic heterocycles. The highest BCUT2D eigenvalue weighted by molar-refractivity contribution is 9.10. The van der Waals surface area contributed by atoms with E-state index in [1.807, 2.05) is 0 Å². The standard InChI is InChI=1S/C11H14BrNO2/c12-10-9-3-1-2-7(9)6-8(11(10)14)4-5-15-13/h6,14H,1-5,13H2. The van der Waals surface area contributed by atoms with Crippen LogP contribution in [-0.2, 0) is 24.1 Å². The smallest absolute Gasteiger partial charge is 0.133 e. The molecule has 1 aliphatic rings. The van der Waals surface area contributed by atoms with E-state index < -0.39 is 0 Å². The zero-order valence-corrected chi connectivity index (χ0v) is 10.0. The summed E-state index contributed by atoms with van der Waals surface area (Å²) in [4.78, 5) is 4.53. The van der Waals surface area contributed by atoms with Gasteiger partial charge in [-0.3, -0.25) is 0 Å². The molecule has 1 aromatic carbocycles. The Balaban J connectivity index is 2.36. The second-order valence-electron chi connectivity index (χ2n) is 3.81. The number of halogens is 1. The summed E-state index contributed by atoms with van der Waals surface area (Å²) < 4.78 is 0.851. The molecule has 82 valence electrons. The Kier molecular flexibility index (Phi) is 3.29. The van der Waals surface area contributed by atoms with Crippen molar-refractivity contribution in [3.05, 3.63) is 27.2 Å². The normalized spacial score (nSPS) is 14.3. The summed E-state index contributed by atoms with van der Waals surface area (Å²) in [6, 6.07) is 2.07. The Morgan fingerprint density at radius 1 is 1.47 bits per heavy atom. The van der Waals surface area contributed by atoms with E-state index in [1.54, 1.807) is 0 Å². The number of hydrogen-bond acceptors (Lipinski definition) is 3. The van der Waals surface area contributed by atoms with Crippen LogP contribution < -0.4 is 5.90 Å². The lowest BCUT2D eigenvalue weighted by Crippen LogP contribution is -2.04. The van der Waals surface area contributed by atoms with Gasteiger partial charge < -0.3 is 9.94 Å². The lowest BCUT2D eigenvalue weighted by molar-refractivity contribution is 0.140. The first-order valence-electron chi connectivity index (χ1n) is 5.07. The summed E-state index contributed by atoms with van der Waals surface area (Å²) >= 11 is 3.45. The second-order valence-corrected chi connectivity index (χ2v) is 4.60. The molecular formula is C11H14BrNO2. The topological polar surface area (TPSA) is 55.5 Å². The summed E-state index contributed by atoms with van der Waals surface area (Å²) in [5, 5.41) is 9.95. The van der Waals surface area contributed by atoms with Gasteiger partial charge in [0.15, 0.2) is 0 Å². The van der Waals surface area contributed by atoms with Gasteiger partial charge in [-0.05, 0) is 51.9 Å². The van der Waals surface area contributed by atoms with E-state index in [0.29, 0.717) is 18.8 Å². The Bertz CT molecular complexity index is 379. The Hall–Kier alpha value is -0.580. The highest BCUT2D eigenvalue weighted by atomic mass is 79.9. The minimum Gasteiger partial charge on any atom is -0.506 e. The summed E-state index contributed by atoms with van der Waals surface area (Å²) in [7, 11) is 0. The van der Waals surface area contributed by atoms with E-state index in [-0.39, 0.29) is 0 Å². The summed E-state index contributed by atoms with van der Waals surface area (Å²) in [5.41, 5.74) is 3.50. The van der Waals surface area contributed by atoms with Crippen LogP contribution >= 0.6 is 15.9 Å². The van der Waals surface area contributed by atoms with Crippen LogP contribution in [0, 0.1) is 0 Å². The van der Waals surface area contributed by atoms with Crippen molar-refractivity contribution in [1.82, 2.24) is 0 Å². The minimum atomic E-state index is 0.340. The van der Waals surface area contributed by atoms with Gasteiger partial charge >= 0.3 is 0 Å². The zero-order valence-electron chi connectivity index (χ0n) is 8.42. The fourth-order valence-corrected chi connectivity index (χ4v) is 2.81. The van der Waals surface area contributed by atoms with Crippen molar-refractivity contribution in [1.29, 1.82) is 0 Å². The Morgan fingerprint density at radius 2 is 2.27 bits per heavy atom. The molecule has 1 aromatic rings. The van der Waals surface area contributed by atoms with Gasteiger partial charge in [0.1, 0.15) is 5.75 Å². The molecule has 0 amide bonds. The number of aryl methyl sites for hydroxylation is 1. The molecule has 4 heteroatoms. The number of hydrogen-bond donors (Lipinski definition) is 2. The predicted octanol–water partition coefficient (Wildman–Crippen LogP) is 2.08.